The molecule has 1 saturated carbocycles. The van der Waals surface area contributed by atoms with Crippen LogP contribution in [0.15, 0.2) is 0 Å². The molecule has 15 heavy (non-hydrogen) atoms. The van der Waals surface area contributed by atoms with Crippen LogP contribution in [0.1, 0.15) is 39.0 Å². The Morgan fingerprint density at radius 2 is 2.27 bits per heavy atom. The van der Waals surface area contributed by atoms with Crippen LogP contribution in [0.4, 0.5) is 0 Å². The van der Waals surface area contributed by atoms with Crippen LogP contribution in [0.25, 0.3) is 0 Å². The van der Waals surface area contributed by atoms with Crippen molar-refractivity contribution in [3.8, 4) is 0 Å². The first-order chi connectivity index (χ1) is 7.13. The number of carbonyl (C=O) groups is 1. The van der Waals surface area contributed by atoms with Crippen molar-refractivity contribution in [2.24, 2.45) is 0 Å². The molecule has 0 aromatic carbocycles. The third-order valence-corrected chi connectivity index (χ3v) is 3.24. The Hall–Kier alpha value is -0.610. The predicted octanol–water partition coefficient (Wildman–Crippen LogP) is 1.40. The van der Waals surface area contributed by atoms with Gasteiger partial charge in [-0.05, 0) is 25.7 Å². The summed E-state index contributed by atoms with van der Waals surface area (Å²) in [5.74, 6) is -0.762. The van der Waals surface area contributed by atoms with Gasteiger partial charge in [0.1, 0.15) is 6.04 Å². The van der Waals surface area contributed by atoms with Crippen molar-refractivity contribution in [2.75, 3.05) is 13.7 Å². The van der Waals surface area contributed by atoms with Crippen LogP contribution in [0.2, 0.25) is 0 Å². The van der Waals surface area contributed by atoms with Gasteiger partial charge in [-0.1, -0.05) is 13.3 Å². The second kappa shape index (κ2) is 5.47. The molecule has 2 N–H and O–H groups in total. The van der Waals surface area contributed by atoms with Gasteiger partial charge in [0.15, 0.2) is 0 Å². The zero-order valence-electron chi connectivity index (χ0n) is 9.58. The second-order valence-corrected chi connectivity index (χ2v) is 4.30. The van der Waals surface area contributed by atoms with E-state index in [0.717, 1.165) is 19.3 Å². The third kappa shape index (κ3) is 3.18. The molecule has 0 spiro atoms. The Labute approximate surface area is 91.0 Å². The number of methoxy groups -OCH3 is 1. The molecular weight excluding hydrogens is 194 g/mol. The molecule has 1 aliphatic rings. The highest BCUT2D eigenvalue weighted by atomic mass is 16.5. The van der Waals surface area contributed by atoms with E-state index in [1.165, 1.54) is 6.42 Å². The largest absolute Gasteiger partial charge is 0.480 e. The SMILES string of the molecule is CCCC(NCC1(OC)CCC1)C(=O)O. The maximum atomic E-state index is 10.9. The predicted molar refractivity (Wildman–Crippen MR) is 57.9 cm³/mol. The molecule has 4 nitrogen and oxygen atoms in total. The molecule has 0 heterocycles. The van der Waals surface area contributed by atoms with E-state index in [4.69, 9.17) is 9.84 Å². The van der Waals surface area contributed by atoms with E-state index < -0.39 is 12.0 Å². The van der Waals surface area contributed by atoms with E-state index in [0.29, 0.717) is 13.0 Å². The van der Waals surface area contributed by atoms with Crippen molar-refractivity contribution in [2.45, 2.75) is 50.7 Å². The van der Waals surface area contributed by atoms with Gasteiger partial charge in [0, 0.05) is 13.7 Å². The van der Waals surface area contributed by atoms with Gasteiger partial charge in [0.25, 0.3) is 0 Å². The maximum absolute atomic E-state index is 10.9. The van der Waals surface area contributed by atoms with E-state index in [1.807, 2.05) is 6.92 Å². The number of hydrogen-bond donors (Lipinski definition) is 2. The van der Waals surface area contributed by atoms with Gasteiger partial charge in [0.05, 0.1) is 5.60 Å². The third-order valence-electron chi connectivity index (χ3n) is 3.24. The fourth-order valence-corrected chi connectivity index (χ4v) is 1.93. The maximum Gasteiger partial charge on any atom is 0.320 e. The molecule has 0 amide bonds. The number of carboxylic acid groups (broad SMARTS) is 1. The molecule has 1 atom stereocenters. The summed E-state index contributed by atoms with van der Waals surface area (Å²) in [7, 11) is 1.70. The van der Waals surface area contributed by atoms with Crippen LogP contribution < -0.4 is 5.32 Å². The Morgan fingerprint density at radius 3 is 2.60 bits per heavy atom. The highest BCUT2D eigenvalue weighted by Gasteiger charge is 2.37. The first-order valence-corrected chi connectivity index (χ1v) is 5.65. The van der Waals surface area contributed by atoms with Crippen molar-refractivity contribution in [1.82, 2.24) is 5.32 Å². The van der Waals surface area contributed by atoms with Crippen LogP contribution in [0.3, 0.4) is 0 Å². The molecule has 1 rings (SSSR count). The lowest BCUT2D eigenvalue weighted by molar-refractivity contribution is -0.140. The number of carboxylic acids is 1. The van der Waals surface area contributed by atoms with E-state index in [1.54, 1.807) is 7.11 Å². The average molecular weight is 215 g/mol. The van der Waals surface area contributed by atoms with E-state index in [2.05, 4.69) is 5.32 Å². The lowest BCUT2D eigenvalue weighted by Crippen LogP contribution is -2.51. The molecular formula is C11H21NO3. The summed E-state index contributed by atoms with van der Waals surface area (Å²) in [6.07, 6.45) is 4.81. The van der Waals surface area contributed by atoms with Gasteiger partial charge in [-0.3, -0.25) is 4.79 Å². The summed E-state index contributed by atoms with van der Waals surface area (Å²) >= 11 is 0. The second-order valence-electron chi connectivity index (χ2n) is 4.30. The minimum Gasteiger partial charge on any atom is -0.480 e. The molecule has 4 heteroatoms. The Kier molecular flexibility index (Phi) is 4.54. The summed E-state index contributed by atoms with van der Waals surface area (Å²) in [6, 6.07) is -0.428. The minimum absolute atomic E-state index is 0.0958. The summed E-state index contributed by atoms with van der Waals surface area (Å²) in [5, 5.41) is 12.1. The highest BCUT2D eigenvalue weighted by molar-refractivity contribution is 5.73. The van der Waals surface area contributed by atoms with Gasteiger partial charge >= 0.3 is 5.97 Å². The van der Waals surface area contributed by atoms with Crippen LogP contribution in [0, 0.1) is 0 Å². The number of rotatable bonds is 7. The van der Waals surface area contributed by atoms with Crippen molar-refractivity contribution < 1.29 is 14.6 Å². The Balaban J connectivity index is 2.35. The molecule has 1 unspecified atom stereocenters. The number of nitrogens with one attached hydrogen (secondary N) is 1. The normalized spacial score (nSPS) is 20.7. The van der Waals surface area contributed by atoms with Gasteiger partial charge in [-0.2, -0.15) is 0 Å². The van der Waals surface area contributed by atoms with Crippen LogP contribution in [-0.2, 0) is 9.53 Å². The lowest BCUT2D eigenvalue weighted by atomic mass is 9.80. The quantitative estimate of drug-likeness (QED) is 0.674. The topological polar surface area (TPSA) is 58.6 Å². The zero-order valence-corrected chi connectivity index (χ0v) is 9.58. The Morgan fingerprint density at radius 1 is 1.60 bits per heavy atom. The first-order valence-electron chi connectivity index (χ1n) is 5.65. The van der Waals surface area contributed by atoms with E-state index >= 15 is 0 Å². The van der Waals surface area contributed by atoms with Crippen LogP contribution in [0.5, 0.6) is 0 Å². The van der Waals surface area contributed by atoms with Gasteiger partial charge in [0.2, 0.25) is 0 Å². The van der Waals surface area contributed by atoms with Crippen molar-refractivity contribution in [1.29, 1.82) is 0 Å². The monoisotopic (exact) mass is 215 g/mol. The summed E-state index contributed by atoms with van der Waals surface area (Å²) in [4.78, 5) is 10.9. The Bertz CT molecular complexity index is 208. The zero-order chi connectivity index (χ0) is 11.3. The summed E-state index contributed by atoms with van der Waals surface area (Å²) in [6.45, 7) is 2.65. The van der Waals surface area contributed by atoms with Crippen molar-refractivity contribution in [3.05, 3.63) is 0 Å². The molecule has 0 aliphatic heterocycles. The van der Waals surface area contributed by atoms with Gasteiger partial charge in [-0.25, -0.2) is 0 Å². The first kappa shape index (κ1) is 12.5. The van der Waals surface area contributed by atoms with E-state index in [-0.39, 0.29) is 5.60 Å². The van der Waals surface area contributed by atoms with Gasteiger partial charge in [-0.15, -0.1) is 0 Å². The molecule has 0 aromatic heterocycles. The molecule has 1 fully saturated rings. The standard InChI is InChI=1S/C11H21NO3/c1-3-5-9(10(13)14)12-8-11(15-2)6-4-7-11/h9,12H,3-8H2,1-2H3,(H,13,14). The molecule has 0 bridgehead atoms. The number of aliphatic carboxylic acids is 1. The number of ether oxygens (including phenoxy) is 1. The molecule has 0 aromatic rings. The number of hydrogen-bond acceptors (Lipinski definition) is 3. The summed E-state index contributed by atoms with van der Waals surface area (Å²) in [5.41, 5.74) is -0.0958. The van der Waals surface area contributed by atoms with E-state index in [9.17, 15) is 4.79 Å². The van der Waals surface area contributed by atoms with Gasteiger partial charge < -0.3 is 15.2 Å². The van der Waals surface area contributed by atoms with Crippen molar-refractivity contribution >= 4 is 5.97 Å². The smallest absolute Gasteiger partial charge is 0.320 e. The molecule has 0 saturated heterocycles. The fourth-order valence-electron chi connectivity index (χ4n) is 1.93. The van der Waals surface area contributed by atoms with Crippen molar-refractivity contribution in [3.63, 3.8) is 0 Å². The van der Waals surface area contributed by atoms with Crippen LogP contribution >= 0.6 is 0 Å². The highest BCUT2D eigenvalue weighted by Crippen LogP contribution is 2.34. The average Bonchev–Trinajstić information content (AvgIpc) is 2.14. The van der Waals surface area contributed by atoms with Crippen LogP contribution in [-0.4, -0.2) is 36.4 Å². The minimum atomic E-state index is -0.762. The lowest BCUT2D eigenvalue weighted by Gasteiger charge is -2.41. The summed E-state index contributed by atoms with van der Waals surface area (Å²) < 4.78 is 5.43. The molecule has 88 valence electrons. The molecule has 1 aliphatic carbocycles. The fraction of sp³-hybridized carbons (Fsp3) is 0.909. The molecule has 0 radical (unpaired) electrons.